The van der Waals surface area contributed by atoms with Gasteiger partial charge in [-0.1, -0.05) is 45.7 Å². The van der Waals surface area contributed by atoms with Crippen LogP contribution in [-0.2, 0) is 55.8 Å². The molecule has 12 nitrogen and oxygen atoms in total. The van der Waals surface area contributed by atoms with Crippen LogP contribution in [0.3, 0.4) is 0 Å². The van der Waals surface area contributed by atoms with E-state index in [4.69, 9.17) is 37.9 Å². The molecule has 0 spiro atoms. The quantitative estimate of drug-likeness (QED) is 0.102. The topological polar surface area (TPSA) is 122 Å². The van der Waals surface area contributed by atoms with Gasteiger partial charge in [0.05, 0.1) is 105 Å². The van der Waals surface area contributed by atoms with E-state index < -0.39 is 0 Å². The lowest BCUT2D eigenvalue weighted by Gasteiger charge is -2.08. The lowest BCUT2D eigenvalue weighted by atomic mass is 10.0. The molecular formula is C32H61N3O9. The monoisotopic (exact) mass is 631 g/mol. The normalized spacial score (nSPS) is 11.8. The highest BCUT2D eigenvalue weighted by Gasteiger charge is 2.04. The molecule has 0 aliphatic carbocycles. The van der Waals surface area contributed by atoms with Crippen molar-refractivity contribution >= 4 is 5.78 Å². The first-order chi connectivity index (χ1) is 21.5. The molecule has 44 heavy (non-hydrogen) atoms. The Kier molecular flexibility index (Phi) is 27.8. The molecule has 0 atom stereocenters. The van der Waals surface area contributed by atoms with Crippen molar-refractivity contribution in [1.82, 2.24) is 15.0 Å². The van der Waals surface area contributed by atoms with Gasteiger partial charge in [0.15, 0.2) is 0 Å². The summed E-state index contributed by atoms with van der Waals surface area (Å²) in [5.41, 5.74) is 0.826. The van der Waals surface area contributed by atoms with Gasteiger partial charge in [0, 0.05) is 26.0 Å². The van der Waals surface area contributed by atoms with E-state index >= 15 is 0 Å². The SMILES string of the molecule is CC(C)CCCCC(=O)CCCOCCOCCOCCOCCOCCOCCOCCOCc1cn(CC(C)C)nn1. The summed E-state index contributed by atoms with van der Waals surface area (Å²) < 4.78 is 45.9. The van der Waals surface area contributed by atoms with Crippen LogP contribution in [0.15, 0.2) is 6.20 Å². The molecule has 1 rings (SSSR count). The first-order valence-corrected chi connectivity index (χ1v) is 16.5. The lowest BCUT2D eigenvalue weighted by molar-refractivity contribution is -0.119. The first kappa shape index (κ1) is 40.5. The van der Waals surface area contributed by atoms with E-state index in [1.54, 1.807) is 0 Å². The molecule has 1 heterocycles. The molecular weight excluding hydrogens is 570 g/mol. The number of hydrogen-bond acceptors (Lipinski definition) is 11. The number of rotatable bonds is 34. The Hall–Kier alpha value is -1.51. The van der Waals surface area contributed by atoms with Crippen molar-refractivity contribution < 1.29 is 42.7 Å². The van der Waals surface area contributed by atoms with Gasteiger partial charge in [-0.25, -0.2) is 0 Å². The third-order valence-corrected chi connectivity index (χ3v) is 6.22. The first-order valence-electron chi connectivity index (χ1n) is 16.5. The highest BCUT2D eigenvalue weighted by molar-refractivity contribution is 5.78. The minimum atomic E-state index is 0.347. The molecule has 1 aromatic rings. The molecule has 0 aliphatic rings. The maximum atomic E-state index is 11.8. The van der Waals surface area contributed by atoms with Gasteiger partial charge >= 0.3 is 0 Å². The van der Waals surface area contributed by atoms with E-state index in [-0.39, 0.29) is 0 Å². The number of aromatic nitrogens is 3. The number of Topliss-reactive ketones (excluding diaryl/α,β-unsaturated/α-hetero) is 1. The summed E-state index contributed by atoms with van der Waals surface area (Å²) in [5.74, 6) is 1.59. The van der Waals surface area contributed by atoms with Gasteiger partial charge in [0.25, 0.3) is 0 Å². The predicted octanol–water partition coefficient (Wildman–Crippen LogP) is 4.13. The van der Waals surface area contributed by atoms with Gasteiger partial charge in [0.2, 0.25) is 0 Å². The number of ether oxygens (including phenoxy) is 8. The minimum absolute atomic E-state index is 0.347. The number of nitrogens with zero attached hydrogens (tertiary/aromatic N) is 3. The average Bonchev–Trinajstić information content (AvgIpc) is 3.43. The average molecular weight is 632 g/mol. The van der Waals surface area contributed by atoms with Crippen LogP contribution >= 0.6 is 0 Å². The summed E-state index contributed by atoms with van der Waals surface area (Å²) in [7, 11) is 0. The standard InChI is InChI=1S/C32H61N3O9/c1-29(2)8-5-6-9-32(36)10-7-11-37-12-13-38-14-15-39-16-17-40-18-19-41-20-21-42-22-23-43-24-25-44-28-31-27-35(34-33-31)26-30(3)4/h27,29-30H,5-26,28H2,1-4H3. The van der Waals surface area contributed by atoms with E-state index in [2.05, 4.69) is 38.0 Å². The number of hydrogen-bond donors (Lipinski definition) is 0. The molecule has 0 unspecified atom stereocenters. The maximum Gasteiger partial charge on any atom is 0.132 e. The van der Waals surface area contributed by atoms with Crippen LogP contribution in [0.2, 0.25) is 0 Å². The highest BCUT2D eigenvalue weighted by Crippen LogP contribution is 2.09. The zero-order chi connectivity index (χ0) is 31.9. The van der Waals surface area contributed by atoms with E-state index in [0.29, 0.717) is 136 Å². The number of ketones is 1. The molecule has 0 saturated carbocycles. The molecule has 1 aromatic heterocycles. The van der Waals surface area contributed by atoms with Crippen molar-refractivity contribution in [3.8, 4) is 0 Å². The number of carbonyl (C=O) groups is 1. The Morgan fingerprint density at radius 3 is 1.48 bits per heavy atom. The van der Waals surface area contributed by atoms with E-state index in [1.807, 2.05) is 10.9 Å². The molecule has 258 valence electrons. The van der Waals surface area contributed by atoms with Gasteiger partial charge in [0.1, 0.15) is 11.5 Å². The van der Waals surface area contributed by atoms with Crippen LogP contribution in [0.4, 0.5) is 0 Å². The fourth-order valence-electron chi connectivity index (χ4n) is 3.96. The largest absolute Gasteiger partial charge is 0.379 e. The molecule has 0 radical (unpaired) electrons. The van der Waals surface area contributed by atoms with Crippen molar-refractivity contribution in [3.05, 3.63) is 11.9 Å². The molecule has 0 aliphatic heterocycles. The second kappa shape index (κ2) is 30.2. The molecule has 0 fully saturated rings. The fourth-order valence-corrected chi connectivity index (χ4v) is 3.96. The van der Waals surface area contributed by atoms with Gasteiger partial charge in [-0.05, 0) is 24.7 Å². The molecule has 0 bridgehead atoms. The number of carbonyl (C=O) groups excluding carboxylic acids is 1. The summed E-state index contributed by atoms with van der Waals surface area (Å²) >= 11 is 0. The van der Waals surface area contributed by atoms with Crippen LogP contribution in [0.5, 0.6) is 0 Å². The summed E-state index contributed by atoms with van der Waals surface area (Å²) in [6, 6.07) is 0. The van der Waals surface area contributed by atoms with E-state index in [9.17, 15) is 4.79 Å². The van der Waals surface area contributed by atoms with E-state index in [1.165, 1.54) is 6.42 Å². The molecule has 12 heteroatoms. The van der Waals surface area contributed by atoms with Crippen molar-refractivity contribution in [2.24, 2.45) is 11.8 Å². The zero-order valence-corrected chi connectivity index (χ0v) is 28.0. The smallest absolute Gasteiger partial charge is 0.132 e. The van der Waals surface area contributed by atoms with Gasteiger partial charge in [-0.3, -0.25) is 9.48 Å². The Bertz CT molecular complexity index is 765. The van der Waals surface area contributed by atoms with Crippen LogP contribution in [0.25, 0.3) is 0 Å². The third-order valence-electron chi connectivity index (χ3n) is 6.22. The summed E-state index contributed by atoms with van der Waals surface area (Å²) in [5, 5.41) is 8.18. The highest BCUT2D eigenvalue weighted by atomic mass is 16.6. The Morgan fingerprint density at radius 1 is 0.591 bits per heavy atom. The van der Waals surface area contributed by atoms with Crippen molar-refractivity contribution in [3.63, 3.8) is 0 Å². The molecule has 0 saturated heterocycles. The summed E-state index contributed by atoms with van der Waals surface area (Å²) in [4.78, 5) is 11.8. The van der Waals surface area contributed by atoms with Crippen LogP contribution in [0.1, 0.15) is 71.9 Å². The van der Waals surface area contributed by atoms with E-state index in [0.717, 1.165) is 31.5 Å². The summed E-state index contributed by atoms with van der Waals surface area (Å²) in [6.45, 7) is 17.8. The second-order valence-corrected chi connectivity index (χ2v) is 11.4. The zero-order valence-electron chi connectivity index (χ0n) is 28.0. The van der Waals surface area contributed by atoms with Crippen LogP contribution in [0, 0.1) is 11.8 Å². The Labute approximate surface area is 265 Å². The predicted molar refractivity (Wildman–Crippen MR) is 168 cm³/mol. The third kappa shape index (κ3) is 28.0. The van der Waals surface area contributed by atoms with Crippen molar-refractivity contribution in [2.75, 3.05) is 99.1 Å². The van der Waals surface area contributed by atoms with Crippen LogP contribution in [-0.4, -0.2) is 120 Å². The van der Waals surface area contributed by atoms with Gasteiger partial charge in [-0.15, -0.1) is 5.10 Å². The van der Waals surface area contributed by atoms with Gasteiger partial charge in [-0.2, -0.15) is 0 Å². The fraction of sp³-hybridized carbons (Fsp3) is 0.906. The Balaban J connectivity index is 1.68. The Morgan fingerprint density at radius 2 is 1.02 bits per heavy atom. The van der Waals surface area contributed by atoms with Crippen LogP contribution < -0.4 is 0 Å². The van der Waals surface area contributed by atoms with Crippen molar-refractivity contribution in [2.45, 2.75) is 79.4 Å². The second-order valence-electron chi connectivity index (χ2n) is 11.4. The van der Waals surface area contributed by atoms with Gasteiger partial charge < -0.3 is 37.9 Å². The number of unbranched alkanes of at least 4 members (excludes halogenated alkanes) is 1. The minimum Gasteiger partial charge on any atom is -0.379 e. The summed E-state index contributed by atoms with van der Waals surface area (Å²) in [6.07, 6.45) is 7.36. The lowest BCUT2D eigenvalue weighted by Crippen LogP contribution is -2.15. The molecule has 0 amide bonds. The maximum absolute atomic E-state index is 11.8. The van der Waals surface area contributed by atoms with Crippen molar-refractivity contribution in [1.29, 1.82) is 0 Å². The molecule has 0 aromatic carbocycles. The molecule has 0 N–H and O–H groups in total.